The molecule has 2 aromatic rings. The summed E-state index contributed by atoms with van der Waals surface area (Å²) in [7, 11) is 0. The van der Waals surface area contributed by atoms with Gasteiger partial charge in [-0.25, -0.2) is 4.98 Å². The largest absolute Gasteiger partial charge is 0.383 e. The summed E-state index contributed by atoms with van der Waals surface area (Å²) in [6, 6.07) is 10.9. The molecule has 0 atom stereocenters. The van der Waals surface area contributed by atoms with Crippen molar-refractivity contribution in [3.05, 3.63) is 59.3 Å². The van der Waals surface area contributed by atoms with Gasteiger partial charge < -0.3 is 11.1 Å². The first-order valence-corrected chi connectivity index (χ1v) is 8.20. The number of nitrogens with two attached hydrogens (primary N) is 1. The molecule has 0 bridgehead atoms. The molecule has 0 unspecified atom stereocenters. The number of thioether (sulfide) groups is 1. The van der Waals surface area contributed by atoms with Crippen LogP contribution in [0.2, 0.25) is 0 Å². The van der Waals surface area contributed by atoms with Gasteiger partial charge in [-0.15, -0.1) is 0 Å². The first-order valence-electron chi connectivity index (χ1n) is 6.80. The van der Waals surface area contributed by atoms with Crippen LogP contribution in [0.15, 0.2) is 42.6 Å². The molecule has 1 aromatic carbocycles. The van der Waals surface area contributed by atoms with Crippen LogP contribution < -0.4 is 11.1 Å². The van der Waals surface area contributed by atoms with Crippen molar-refractivity contribution in [2.45, 2.75) is 0 Å². The Balaban J connectivity index is 2.24. The fourth-order valence-electron chi connectivity index (χ4n) is 1.93. The highest BCUT2D eigenvalue weighted by molar-refractivity contribution is 7.98. The highest BCUT2D eigenvalue weighted by Gasteiger charge is 2.13. The van der Waals surface area contributed by atoms with Crippen LogP contribution in [0.4, 0.5) is 5.82 Å². The molecule has 0 saturated heterocycles. The normalized spacial score (nSPS) is 10.2. The monoisotopic (exact) mass is 314 g/mol. The fourth-order valence-corrected chi connectivity index (χ4v) is 2.23. The third-order valence-electron chi connectivity index (χ3n) is 3.10. The number of nitrogens with one attached hydrogen (secondary N) is 2. The van der Waals surface area contributed by atoms with Crippen LogP contribution in [0.3, 0.4) is 0 Å². The molecule has 0 radical (unpaired) electrons. The zero-order valence-electron chi connectivity index (χ0n) is 12.3. The second-order valence-corrected chi connectivity index (χ2v) is 5.63. The molecule has 1 aromatic heterocycles. The molecular weight excluding hydrogens is 296 g/mol. The number of carbonyl (C=O) groups is 1. The van der Waals surface area contributed by atoms with Crippen LogP contribution >= 0.6 is 11.8 Å². The molecule has 1 heterocycles. The lowest BCUT2D eigenvalue weighted by molar-refractivity contribution is 0.0956. The minimum atomic E-state index is -0.205. The molecule has 0 aliphatic rings. The Kier molecular flexibility index (Phi) is 5.55. The summed E-state index contributed by atoms with van der Waals surface area (Å²) < 4.78 is 0. The average molecular weight is 314 g/mol. The molecule has 5 nitrogen and oxygen atoms in total. The van der Waals surface area contributed by atoms with Crippen molar-refractivity contribution in [2.75, 3.05) is 24.3 Å². The van der Waals surface area contributed by atoms with Crippen molar-refractivity contribution in [3.63, 3.8) is 0 Å². The van der Waals surface area contributed by atoms with Gasteiger partial charge in [0.05, 0.1) is 11.3 Å². The number of rotatable bonds is 6. The summed E-state index contributed by atoms with van der Waals surface area (Å²) in [5.74, 6) is 0.888. The van der Waals surface area contributed by atoms with Gasteiger partial charge in [-0.05, 0) is 12.3 Å². The van der Waals surface area contributed by atoms with Gasteiger partial charge in [0.25, 0.3) is 5.91 Å². The van der Waals surface area contributed by atoms with Gasteiger partial charge >= 0.3 is 0 Å². The van der Waals surface area contributed by atoms with E-state index in [1.54, 1.807) is 17.8 Å². The maximum Gasteiger partial charge on any atom is 0.252 e. The van der Waals surface area contributed by atoms with E-state index in [4.69, 9.17) is 11.1 Å². The lowest BCUT2D eigenvalue weighted by Gasteiger charge is -2.10. The van der Waals surface area contributed by atoms with E-state index in [1.165, 1.54) is 6.20 Å². The molecule has 1 amide bonds. The topological polar surface area (TPSA) is 91.9 Å². The van der Waals surface area contributed by atoms with Gasteiger partial charge in [0, 0.05) is 29.6 Å². The maximum absolute atomic E-state index is 12.1. The van der Waals surface area contributed by atoms with Crippen LogP contribution in [-0.2, 0) is 0 Å². The van der Waals surface area contributed by atoms with Gasteiger partial charge in [0.2, 0.25) is 0 Å². The number of benzene rings is 1. The Labute approximate surface area is 133 Å². The van der Waals surface area contributed by atoms with E-state index in [1.807, 2.05) is 36.6 Å². The number of pyridine rings is 1. The van der Waals surface area contributed by atoms with E-state index in [-0.39, 0.29) is 17.4 Å². The Morgan fingerprint density at radius 1 is 1.32 bits per heavy atom. The summed E-state index contributed by atoms with van der Waals surface area (Å²) in [5.41, 5.74) is 7.72. The molecule has 0 aliphatic carbocycles. The molecule has 114 valence electrons. The first-order chi connectivity index (χ1) is 10.6. The zero-order valence-corrected chi connectivity index (χ0v) is 13.1. The second-order valence-electron chi connectivity index (χ2n) is 4.65. The van der Waals surface area contributed by atoms with Crippen LogP contribution in [0.25, 0.3) is 0 Å². The van der Waals surface area contributed by atoms with Crippen molar-refractivity contribution in [2.24, 2.45) is 0 Å². The number of hydrogen-bond acceptors (Lipinski definition) is 5. The van der Waals surface area contributed by atoms with Crippen molar-refractivity contribution in [1.82, 2.24) is 10.3 Å². The maximum atomic E-state index is 12.1. The van der Waals surface area contributed by atoms with Crippen molar-refractivity contribution < 1.29 is 4.79 Å². The number of anilines is 1. The number of hydrogen-bond donors (Lipinski definition) is 3. The number of nitrogens with zero attached hydrogens (tertiary/aromatic N) is 1. The van der Waals surface area contributed by atoms with Crippen molar-refractivity contribution >= 4 is 29.2 Å². The van der Waals surface area contributed by atoms with Gasteiger partial charge in [-0.1, -0.05) is 30.3 Å². The van der Waals surface area contributed by atoms with E-state index in [2.05, 4.69) is 10.3 Å². The Morgan fingerprint density at radius 2 is 2.05 bits per heavy atom. The van der Waals surface area contributed by atoms with Gasteiger partial charge in [-0.2, -0.15) is 11.8 Å². The standard InChI is InChI=1S/C16H18N4OS/c1-22-8-7-19-16(21)12-9-13(15(18)20-10-12)14(17)11-5-3-2-4-6-11/h2-6,9-10,17H,7-8H2,1H3,(H2,18,20)(H,19,21). The summed E-state index contributed by atoms with van der Waals surface area (Å²) in [5, 5.41) is 11.1. The molecular formula is C16H18N4OS. The Bertz CT molecular complexity index is 673. The van der Waals surface area contributed by atoms with Crippen LogP contribution in [0.1, 0.15) is 21.5 Å². The van der Waals surface area contributed by atoms with Gasteiger partial charge in [0.15, 0.2) is 0 Å². The minimum absolute atomic E-state index is 0.205. The van der Waals surface area contributed by atoms with E-state index >= 15 is 0 Å². The molecule has 4 N–H and O–H groups in total. The van der Waals surface area contributed by atoms with Crippen LogP contribution in [-0.4, -0.2) is 35.2 Å². The molecule has 0 fully saturated rings. The van der Waals surface area contributed by atoms with E-state index in [0.717, 1.165) is 11.3 Å². The number of amides is 1. The van der Waals surface area contributed by atoms with Crippen LogP contribution in [0, 0.1) is 5.41 Å². The predicted molar refractivity (Wildman–Crippen MR) is 91.7 cm³/mol. The SMILES string of the molecule is CSCCNC(=O)c1cnc(N)c(C(=N)c2ccccc2)c1. The predicted octanol–water partition coefficient (Wildman–Crippen LogP) is 2.17. The fraction of sp³-hybridized carbons (Fsp3) is 0.188. The Morgan fingerprint density at radius 3 is 2.73 bits per heavy atom. The first kappa shape index (κ1) is 16.0. The van der Waals surface area contributed by atoms with Crippen molar-refractivity contribution in [1.29, 1.82) is 5.41 Å². The smallest absolute Gasteiger partial charge is 0.252 e. The lowest BCUT2D eigenvalue weighted by Crippen LogP contribution is -2.26. The van der Waals surface area contributed by atoms with Gasteiger partial charge in [-0.3, -0.25) is 10.2 Å². The lowest BCUT2D eigenvalue weighted by atomic mass is 10.0. The molecule has 6 heteroatoms. The summed E-state index contributed by atoms with van der Waals surface area (Å²) >= 11 is 1.66. The highest BCUT2D eigenvalue weighted by Crippen LogP contribution is 2.16. The molecule has 0 saturated carbocycles. The van der Waals surface area contributed by atoms with Crippen LogP contribution in [0.5, 0.6) is 0 Å². The average Bonchev–Trinajstić information content (AvgIpc) is 2.55. The van der Waals surface area contributed by atoms with Gasteiger partial charge in [0.1, 0.15) is 5.82 Å². The molecule has 22 heavy (non-hydrogen) atoms. The summed E-state index contributed by atoms with van der Waals surface area (Å²) in [6.45, 7) is 0.593. The molecule has 2 rings (SSSR count). The quantitative estimate of drug-likeness (QED) is 0.563. The zero-order chi connectivity index (χ0) is 15.9. The summed E-state index contributed by atoms with van der Waals surface area (Å²) in [6.07, 6.45) is 3.42. The molecule has 0 spiro atoms. The third kappa shape index (κ3) is 3.85. The second kappa shape index (κ2) is 7.61. The number of carbonyl (C=O) groups excluding carboxylic acids is 1. The Hall–Kier alpha value is -2.34. The van der Waals surface area contributed by atoms with E-state index in [0.29, 0.717) is 17.7 Å². The third-order valence-corrected chi connectivity index (χ3v) is 3.72. The summed E-state index contributed by atoms with van der Waals surface area (Å²) in [4.78, 5) is 16.1. The van der Waals surface area contributed by atoms with E-state index < -0.39 is 0 Å². The minimum Gasteiger partial charge on any atom is -0.383 e. The number of aromatic nitrogens is 1. The molecule has 0 aliphatic heterocycles. The van der Waals surface area contributed by atoms with Crippen molar-refractivity contribution in [3.8, 4) is 0 Å². The number of nitrogen functional groups attached to an aromatic ring is 1. The highest BCUT2D eigenvalue weighted by atomic mass is 32.2. The van der Waals surface area contributed by atoms with E-state index in [9.17, 15) is 4.79 Å².